The van der Waals surface area contributed by atoms with Crippen molar-refractivity contribution in [3.63, 3.8) is 0 Å². The average molecular weight is 248 g/mol. The van der Waals surface area contributed by atoms with E-state index in [1.807, 2.05) is 0 Å². The molecular formula is C6H5IN2O. The van der Waals surface area contributed by atoms with Crippen LogP contribution in [0.25, 0.3) is 0 Å². The highest BCUT2D eigenvalue weighted by Crippen LogP contribution is 2.14. The Bertz CT molecular complexity index is 250. The standard InChI is InChI=1S/C6H5IN2O/c1-2-3-8-5-4-10-9-6(5)7/h1,4,8H,3H2. The topological polar surface area (TPSA) is 38.1 Å². The van der Waals surface area contributed by atoms with Crippen LogP contribution in [0.4, 0.5) is 5.69 Å². The average Bonchev–Trinajstić information content (AvgIpc) is 2.31. The summed E-state index contributed by atoms with van der Waals surface area (Å²) in [5, 5.41) is 6.59. The lowest BCUT2D eigenvalue weighted by Gasteiger charge is -1.93. The lowest BCUT2D eigenvalue weighted by atomic mass is 10.5. The second kappa shape index (κ2) is 3.46. The van der Waals surface area contributed by atoms with Gasteiger partial charge in [0, 0.05) is 0 Å². The van der Waals surface area contributed by atoms with E-state index in [1.165, 1.54) is 6.26 Å². The van der Waals surface area contributed by atoms with Crippen molar-refractivity contribution in [2.45, 2.75) is 0 Å². The zero-order valence-corrected chi connectivity index (χ0v) is 7.25. The fraction of sp³-hybridized carbons (Fsp3) is 0.167. The summed E-state index contributed by atoms with van der Waals surface area (Å²) in [4.78, 5) is 0. The predicted molar refractivity (Wildman–Crippen MR) is 46.5 cm³/mol. The monoisotopic (exact) mass is 248 g/mol. The smallest absolute Gasteiger partial charge is 0.167 e. The van der Waals surface area contributed by atoms with Crippen LogP contribution in [0.3, 0.4) is 0 Å². The van der Waals surface area contributed by atoms with Crippen molar-refractivity contribution in [3.05, 3.63) is 9.96 Å². The molecule has 0 aliphatic heterocycles. The fourth-order valence-electron chi connectivity index (χ4n) is 0.484. The molecule has 0 unspecified atom stereocenters. The SMILES string of the molecule is C#CCNc1conc1I. The third kappa shape index (κ3) is 1.64. The zero-order chi connectivity index (χ0) is 7.40. The van der Waals surface area contributed by atoms with Gasteiger partial charge in [0.15, 0.2) is 3.70 Å². The van der Waals surface area contributed by atoms with Gasteiger partial charge in [-0.25, -0.2) is 0 Å². The second-order valence-corrected chi connectivity index (χ2v) is 2.60. The molecule has 1 heterocycles. The Balaban J connectivity index is 2.59. The van der Waals surface area contributed by atoms with Gasteiger partial charge in [-0.1, -0.05) is 11.1 Å². The van der Waals surface area contributed by atoms with E-state index in [1.54, 1.807) is 0 Å². The van der Waals surface area contributed by atoms with Gasteiger partial charge in [0.05, 0.1) is 6.54 Å². The number of anilines is 1. The Morgan fingerprint density at radius 1 is 1.90 bits per heavy atom. The summed E-state index contributed by atoms with van der Waals surface area (Å²) < 4.78 is 5.45. The van der Waals surface area contributed by atoms with E-state index in [0.29, 0.717) is 6.54 Å². The Hall–Kier alpha value is -0.700. The minimum atomic E-state index is 0.497. The molecule has 0 saturated carbocycles. The lowest BCUT2D eigenvalue weighted by Crippen LogP contribution is -1.97. The molecule has 1 rings (SSSR count). The molecule has 1 N–H and O–H groups in total. The number of aromatic nitrogens is 1. The summed E-state index contributed by atoms with van der Waals surface area (Å²) in [5.41, 5.74) is 0.846. The van der Waals surface area contributed by atoms with Gasteiger partial charge in [-0.3, -0.25) is 0 Å². The molecule has 0 aliphatic rings. The molecule has 0 fully saturated rings. The van der Waals surface area contributed by atoms with Crippen LogP contribution in [-0.4, -0.2) is 11.7 Å². The van der Waals surface area contributed by atoms with E-state index in [2.05, 4.69) is 43.5 Å². The van der Waals surface area contributed by atoms with Crippen molar-refractivity contribution in [1.82, 2.24) is 5.16 Å². The largest absolute Gasteiger partial charge is 0.369 e. The number of hydrogen-bond donors (Lipinski definition) is 1. The first-order valence-corrected chi connectivity index (χ1v) is 3.69. The maximum Gasteiger partial charge on any atom is 0.167 e. The van der Waals surface area contributed by atoms with Gasteiger partial charge < -0.3 is 9.84 Å². The molecule has 0 radical (unpaired) electrons. The van der Waals surface area contributed by atoms with Crippen LogP contribution in [0.2, 0.25) is 0 Å². The van der Waals surface area contributed by atoms with Gasteiger partial charge in [-0.05, 0) is 22.6 Å². The fourth-order valence-corrected chi connectivity index (χ4v) is 0.916. The molecule has 4 heteroatoms. The Morgan fingerprint density at radius 2 is 2.70 bits per heavy atom. The molecule has 0 aliphatic carbocycles. The maximum atomic E-state index is 5.03. The molecule has 1 aromatic rings. The van der Waals surface area contributed by atoms with Crippen molar-refractivity contribution in [1.29, 1.82) is 0 Å². The minimum absolute atomic E-state index is 0.497. The molecule has 52 valence electrons. The summed E-state index contributed by atoms with van der Waals surface area (Å²) in [5.74, 6) is 2.45. The predicted octanol–water partition coefficient (Wildman–Crippen LogP) is 1.32. The number of hydrogen-bond acceptors (Lipinski definition) is 3. The van der Waals surface area contributed by atoms with E-state index in [9.17, 15) is 0 Å². The van der Waals surface area contributed by atoms with E-state index in [0.717, 1.165) is 9.39 Å². The Morgan fingerprint density at radius 3 is 3.20 bits per heavy atom. The van der Waals surface area contributed by atoms with Gasteiger partial charge in [0.25, 0.3) is 0 Å². The van der Waals surface area contributed by atoms with Crippen LogP contribution < -0.4 is 5.32 Å². The normalized spacial score (nSPS) is 8.80. The van der Waals surface area contributed by atoms with Crippen LogP contribution in [0.1, 0.15) is 0 Å². The highest BCUT2D eigenvalue weighted by molar-refractivity contribution is 14.1. The summed E-state index contributed by atoms with van der Waals surface area (Å²) in [6, 6.07) is 0. The number of terminal acetylenes is 1. The molecule has 0 saturated heterocycles. The Labute approximate surface area is 72.3 Å². The minimum Gasteiger partial charge on any atom is -0.369 e. The molecule has 0 aromatic carbocycles. The van der Waals surface area contributed by atoms with Gasteiger partial charge in [-0.15, -0.1) is 6.42 Å². The van der Waals surface area contributed by atoms with Crippen molar-refractivity contribution < 1.29 is 4.52 Å². The summed E-state index contributed by atoms with van der Waals surface area (Å²) in [7, 11) is 0. The van der Waals surface area contributed by atoms with Crippen LogP contribution >= 0.6 is 22.6 Å². The first-order valence-electron chi connectivity index (χ1n) is 2.62. The van der Waals surface area contributed by atoms with Crippen LogP contribution in [0.15, 0.2) is 10.8 Å². The van der Waals surface area contributed by atoms with Crippen molar-refractivity contribution in [2.75, 3.05) is 11.9 Å². The molecule has 0 bridgehead atoms. The third-order valence-electron chi connectivity index (χ3n) is 0.907. The lowest BCUT2D eigenvalue weighted by molar-refractivity contribution is 0.415. The van der Waals surface area contributed by atoms with Crippen LogP contribution in [0, 0.1) is 16.0 Å². The number of nitrogens with one attached hydrogen (secondary N) is 1. The molecule has 3 nitrogen and oxygen atoms in total. The van der Waals surface area contributed by atoms with Gasteiger partial charge in [-0.2, -0.15) is 0 Å². The summed E-state index contributed by atoms with van der Waals surface area (Å²) >= 11 is 2.06. The first-order chi connectivity index (χ1) is 4.84. The van der Waals surface area contributed by atoms with Gasteiger partial charge in [0.2, 0.25) is 0 Å². The molecule has 1 aromatic heterocycles. The van der Waals surface area contributed by atoms with E-state index < -0.39 is 0 Å². The molecule has 0 atom stereocenters. The highest BCUT2D eigenvalue weighted by Gasteiger charge is 2.00. The number of nitrogens with zero attached hydrogens (tertiary/aromatic N) is 1. The van der Waals surface area contributed by atoms with Crippen molar-refractivity contribution in [3.8, 4) is 12.3 Å². The van der Waals surface area contributed by atoms with Crippen molar-refractivity contribution >= 4 is 28.3 Å². The maximum absolute atomic E-state index is 5.03. The van der Waals surface area contributed by atoms with Gasteiger partial charge in [0.1, 0.15) is 12.0 Å². The van der Waals surface area contributed by atoms with Crippen LogP contribution in [0.5, 0.6) is 0 Å². The summed E-state index contributed by atoms with van der Waals surface area (Å²) in [6.45, 7) is 0.497. The van der Waals surface area contributed by atoms with E-state index >= 15 is 0 Å². The second-order valence-electron chi connectivity index (χ2n) is 1.58. The first kappa shape index (κ1) is 7.41. The molecule has 10 heavy (non-hydrogen) atoms. The molecule has 0 amide bonds. The number of halogens is 1. The molecule has 0 spiro atoms. The highest BCUT2D eigenvalue weighted by atomic mass is 127. The molecular weight excluding hydrogens is 243 g/mol. The van der Waals surface area contributed by atoms with Crippen LogP contribution in [-0.2, 0) is 0 Å². The Kier molecular flexibility index (Phi) is 2.57. The quantitative estimate of drug-likeness (QED) is 0.633. The van der Waals surface area contributed by atoms with Crippen molar-refractivity contribution in [2.24, 2.45) is 0 Å². The van der Waals surface area contributed by atoms with E-state index in [4.69, 9.17) is 6.42 Å². The van der Waals surface area contributed by atoms with Gasteiger partial charge >= 0.3 is 0 Å². The zero-order valence-electron chi connectivity index (χ0n) is 5.10. The van der Waals surface area contributed by atoms with E-state index in [-0.39, 0.29) is 0 Å². The third-order valence-corrected chi connectivity index (χ3v) is 1.68. The number of rotatable bonds is 2. The summed E-state index contributed by atoms with van der Waals surface area (Å²) in [6.07, 6.45) is 6.56.